The summed E-state index contributed by atoms with van der Waals surface area (Å²) in [5, 5.41) is 0. The molecule has 0 unspecified atom stereocenters. The first-order valence-electron chi connectivity index (χ1n) is 9.24. The number of aromatic amines is 1. The van der Waals surface area contributed by atoms with Crippen LogP contribution < -0.4 is 9.30 Å². The van der Waals surface area contributed by atoms with E-state index in [4.69, 9.17) is 9.29 Å². The lowest BCUT2D eigenvalue weighted by atomic mass is 9.85. The molecule has 7 heteroatoms. The molecule has 0 saturated carbocycles. The van der Waals surface area contributed by atoms with E-state index in [-0.39, 0.29) is 10.3 Å². The van der Waals surface area contributed by atoms with Crippen LogP contribution in [0.1, 0.15) is 37.5 Å². The minimum Gasteiger partial charge on any atom is -0.496 e. The molecule has 29 heavy (non-hydrogen) atoms. The van der Waals surface area contributed by atoms with Crippen LogP contribution >= 0.6 is 0 Å². The molecule has 156 valence electrons. The molecule has 0 bridgehead atoms. The normalized spacial score (nSPS) is 11.5. The third-order valence-electron chi connectivity index (χ3n) is 4.36. The number of benzene rings is 2. The summed E-state index contributed by atoms with van der Waals surface area (Å²) in [6.07, 6.45) is 5.91. The molecule has 0 spiro atoms. The zero-order valence-corrected chi connectivity index (χ0v) is 18.3. The number of nitrogens with zero attached hydrogens (tertiary/aromatic N) is 1. The lowest BCUT2D eigenvalue weighted by Crippen LogP contribution is -2.31. The van der Waals surface area contributed by atoms with E-state index in [0.29, 0.717) is 0 Å². The van der Waals surface area contributed by atoms with E-state index < -0.39 is 10.1 Å². The molecular weight excluding hydrogens is 388 g/mol. The largest absolute Gasteiger partial charge is 0.496 e. The molecule has 2 aromatic carbocycles. The second-order valence-electron chi connectivity index (χ2n) is 7.86. The predicted molar refractivity (Wildman–Crippen MR) is 113 cm³/mol. The Morgan fingerprint density at radius 1 is 1.10 bits per heavy atom. The van der Waals surface area contributed by atoms with Crippen LogP contribution in [0.2, 0.25) is 0 Å². The third-order valence-corrected chi connectivity index (χ3v) is 5.23. The highest BCUT2D eigenvalue weighted by molar-refractivity contribution is 7.85. The van der Waals surface area contributed by atoms with E-state index >= 15 is 0 Å². The minimum atomic E-state index is -4.02. The lowest BCUT2D eigenvalue weighted by Gasteiger charge is -2.22. The topological polar surface area (TPSA) is 83.3 Å². The highest BCUT2D eigenvalue weighted by Crippen LogP contribution is 2.31. The Hall–Kier alpha value is -2.64. The summed E-state index contributed by atoms with van der Waals surface area (Å²) in [7, 11) is -2.29. The average molecular weight is 418 g/mol. The molecule has 0 aliphatic carbocycles. The van der Waals surface area contributed by atoms with Crippen LogP contribution in [0.4, 0.5) is 0 Å². The van der Waals surface area contributed by atoms with E-state index in [1.165, 1.54) is 23.3 Å². The van der Waals surface area contributed by atoms with Gasteiger partial charge in [-0.05, 0) is 47.7 Å². The summed E-state index contributed by atoms with van der Waals surface area (Å²) in [4.78, 5) is 2.99. The number of hydrogen-bond donors (Lipinski definition) is 2. The Morgan fingerprint density at radius 3 is 2.24 bits per heavy atom. The van der Waals surface area contributed by atoms with Crippen molar-refractivity contribution in [3.05, 3.63) is 77.9 Å². The molecule has 0 amide bonds. The second kappa shape index (κ2) is 9.24. The van der Waals surface area contributed by atoms with Crippen LogP contribution in [0.5, 0.6) is 5.75 Å². The van der Waals surface area contributed by atoms with Gasteiger partial charge in [-0.3, -0.25) is 9.54 Å². The van der Waals surface area contributed by atoms with Crippen molar-refractivity contribution in [1.29, 1.82) is 0 Å². The first kappa shape index (κ1) is 22.6. The van der Waals surface area contributed by atoms with Crippen LogP contribution in [0.15, 0.2) is 66.1 Å². The summed E-state index contributed by atoms with van der Waals surface area (Å²) < 4.78 is 37.1. The van der Waals surface area contributed by atoms with E-state index in [9.17, 15) is 8.42 Å². The van der Waals surface area contributed by atoms with Gasteiger partial charge in [0.25, 0.3) is 10.1 Å². The first-order chi connectivity index (χ1) is 13.5. The molecule has 1 heterocycles. The van der Waals surface area contributed by atoms with Gasteiger partial charge in [-0.2, -0.15) is 8.42 Å². The van der Waals surface area contributed by atoms with Gasteiger partial charge < -0.3 is 4.74 Å². The first-order valence-corrected chi connectivity index (χ1v) is 10.7. The zero-order chi connectivity index (χ0) is 21.7. The van der Waals surface area contributed by atoms with Gasteiger partial charge >= 0.3 is 0 Å². The van der Waals surface area contributed by atoms with Crippen LogP contribution in [0, 0.1) is 6.92 Å². The van der Waals surface area contributed by atoms with E-state index in [2.05, 4.69) is 48.5 Å². The van der Waals surface area contributed by atoms with Crippen LogP contribution in [0.25, 0.3) is 0 Å². The van der Waals surface area contributed by atoms with Crippen molar-refractivity contribution < 1.29 is 22.3 Å². The van der Waals surface area contributed by atoms with Gasteiger partial charge in [-0.1, -0.05) is 44.5 Å². The molecule has 0 saturated heterocycles. The number of hydrogen-bond acceptors (Lipinski definition) is 3. The Bertz CT molecular complexity index is 1020. The van der Waals surface area contributed by atoms with Crippen molar-refractivity contribution in [2.24, 2.45) is 0 Å². The van der Waals surface area contributed by atoms with Gasteiger partial charge in [-0.15, -0.1) is 0 Å². The molecule has 0 radical (unpaired) electrons. The van der Waals surface area contributed by atoms with Crippen molar-refractivity contribution in [1.82, 2.24) is 4.98 Å². The highest BCUT2D eigenvalue weighted by Gasteiger charge is 2.19. The average Bonchev–Trinajstić information content (AvgIpc) is 3.14. The van der Waals surface area contributed by atoms with Crippen LogP contribution in [-0.2, 0) is 22.1 Å². The number of aromatic nitrogens is 2. The number of H-pyrrole nitrogens is 1. The monoisotopic (exact) mass is 417 g/mol. The second-order valence-corrected chi connectivity index (χ2v) is 9.28. The fourth-order valence-corrected chi connectivity index (χ4v) is 3.26. The zero-order valence-electron chi connectivity index (χ0n) is 17.5. The van der Waals surface area contributed by atoms with Gasteiger partial charge in [0.15, 0.2) is 0 Å². The number of imidazole rings is 1. The SMILES string of the molecule is COc1ccc(C[n+]2cc[nH]c2)cc1C(C)(C)C.Cc1ccc(S(=O)(=O)O)cc1. The highest BCUT2D eigenvalue weighted by atomic mass is 32.2. The predicted octanol–water partition coefficient (Wildman–Crippen LogP) is 3.90. The Kier molecular flexibility index (Phi) is 7.21. The van der Waals surface area contributed by atoms with Crippen molar-refractivity contribution >= 4 is 10.1 Å². The summed E-state index contributed by atoms with van der Waals surface area (Å²) in [5.41, 5.74) is 3.57. The van der Waals surface area contributed by atoms with Gasteiger partial charge in [0.2, 0.25) is 6.33 Å². The van der Waals surface area contributed by atoms with Gasteiger partial charge in [0.1, 0.15) is 24.7 Å². The number of rotatable bonds is 4. The molecule has 0 aliphatic heterocycles. The Labute approximate surface area is 172 Å². The Morgan fingerprint density at radius 2 is 1.76 bits per heavy atom. The molecule has 0 aliphatic rings. The van der Waals surface area contributed by atoms with Crippen LogP contribution in [0.3, 0.4) is 0 Å². The molecule has 6 nitrogen and oxygen atoms in total. The van der Waals surface area contributed by atoms with Crippen molar-refractivity contribution in [2.45, 2.75) is 44.6 Å². The maximum Gasteiger partial charge on any atom is 0.294 e. The molecule has 0 atom stereocenters. The standard InChI is InChI=1S/C15H20N2O.C7H8O3S/c1-15(2,3)13-9-12(5-6-14(13)18-4)10-17-8-7-16-11-17;1-6-2-4-7(5-3-6)11(8,9)10/h5-9,11H,10H2,1-4H3;2-5H,1H3,(H,8,9,10)/p+1. The summed E-state index contributed by atoms with van der Waals surface area (Å²) >= 11 is 0. The minimum absolute atomic E-state index is 0.0666. The molecule has 1 aromatic heterocycles. The van der Waals surface area contributed by atoms with Gasteiger partial charge in [0.05, 0.1) is 12.0 Å². The molecule has 2 N–H and O–H groups in total. The molecule has 3 rings (SSSR count). The smallest absolute Gasteiger partial charge is 0.294 e. The van der Waals surface area contributed by atoms with Crippen molar-refractivity contribution in [2.75, 3.05) is 7.11 Å². The quantitative estimate of drug-likeness (QED) is 0.498. The number of methoxy groups -OCH3 is 1. The van der Waals surface area contributed by atoms with Crippen molar-refractivity contribution in [3.8, 4) is 5.75 Å². The maximum atomic E-state index is 10.5. The van der Waals surface area contributed by atoms with E-state index in [1.54, 1.807) is 19.2 Å². The summed E-state index contributed by atoms with van der Waals surface area (Å²) in [6, 6.07) is 12.4. The number of ether oxygens (including phenoxy) is 1. The number of nitrogens with one attached hydrogen (secondary N) is 1. The third kappa shape index (κ3) is 6.73. The Balaban J connectivity index is 0.000000234. The van der Waals surface area contributed by atoms with Crippen LogP contribution in [-0.4, -0.2) is 25.1 Å². The molecule has 3 aromatic rings. The number of aryl methyl sites for hydroxylation is 1. The fraction of sp³-hybridized carbons (Fsp3) is 0.318. The lowest BCUT2D eigenvalue weighted by molar-refractivity contribution is -0.687. The van der Waals surface area contributed by atoms with Gasteiger partial charge in [-0.25, -0.2) is 4.57 Å². The van der Waals surface area contributed by atoms with E-state index in [1.807, 2.05) is 25.6 Å². The van der Waals surface area contributed by atoms with Crippen molar-refractivity contribution in [3.63, 3.8) is 0 Å². The molecular formula is C22H29N2O4S+. The van der Waals surface area contributed by atoms with E-state index in [0.717, 1.165) is 17.9 Å². The summed E-state index contributed by atoms with van der Waals surface area (Å²) in [5.74, 6) is 0.963. The fourth-order valence-electron chi connectivity index (χ4n) is 2.78. The maximum absolute atomic E-state index is 10.5. The molecule has 0 fully saturated rings. The van der Waals surface area contributed by atoms with Gasteiger partial charge in [0, 0.05) is 0 Å². The summed E-state index contributed by atoms with van der Waals surface area (Å²) in [6.45, 7) is 9.33.